The first-order chi connectivity index (χ1) is 12.0. The van der Waals surface area contributed by atoms with Gasteiger partial charge in [-0.2, -0.15) is 0 Å². The molecule has 0 bridgehead atoms. The molecule has 0 aromatic heterocycles. The number of benzene rings is 2. The number of rotatable bonds is 8. The Hall–Kier alpha value is -3.16. The molecule has 0 unspecified atom stereocenters. The van der Waals surface area contributed by atoms with Crippen LogP contribution in [0.15, 0.2) is 42.5 Å². The molecule has 132 valence electrons. The van der Waals surface area contributed by atoms with E-state index in [0.29, 0.717) is 12.8 Å². The van der Waals surface area contributed by atoms with Crippen molar-refractivity contribution in [2.24, 2.45) is 0 Å². The van der Waals surface area contributed by atoms with Crippen LogP contribution in [0.3, 0.4) is 0 Å². The van der Waals surface area contributed by atoms with E-state index in [2.05, 4.69) is 0 Å². The Bertz CT molecular complexity index is 746. The van der Waals surface area contributed by atoms with Crippen molar-refractivity contribution in [1.29, 1.82) is 0 Å². The van der Waals surface area contributed by atoms with Crippen molar-refractivity contribution in [2.45, 2.75) is 19.0 Å². The number of nitrogens with zero attached hydrogens (tertiary/aromatic N) is 2. The molecule has 8 nitrogen and oxygen atoms in total. The second-order valence-electron chi connectivity index (χ2n) is 5.37. The van der Waals surface area contributed by atoms with Crippen LogP contribution in [-0.2, 0) is 12.8 Å². The van der Waals surface area contributed by atoms with Gasteiger partial charge in [-0.1, -0.05) is 18.2 Å². The fourth-order valence-corrected chi connectivity index (χ4v) is 2.53. The van der Waals surface area contributed by atoms with Crippen molar-refractivity contribution >= 4 is 0 Å². The summed E-state index contributed by atoms with van der Waals surface area (Å²) in [4.78, 5) is 20.3. The van der Waals surface area contributed by atoms with Crippen LogP contribution in [0.1, 0.15) is 22.9 Å². The van der Waals surface area contributed by atoms with Gasteiger partial charge < -0.3 is 9.47 Å². The molecular formula is C17H18N2O6. The van der Waals surface area contributed by atoms with Gasteiger partial charge in [0.25, 0.3) is 0 Å². The summed E-state index contributed by atoms with van der Waals surface area (Å²) in [5.41, 5.74) is 1.78. The first-order valence-corrected chi connectivity index (χ1v) is 7.53. The van der Waals surface area contributed by atoms with Crippen molar-refractivity contribution in [1.82, 2.24) is 0 Å². The Morgan fingerprint density at radius 3 is 1.96 bits per heavy atom. The van der Waals surface area contributed by atoms with Crippen LogP contribution in [0.2, 0.25) is 0 Å². The monoisotopic (exact) mass is 346 g/mol. The highest BCUT2D eigenvalue weighted by atomic mass is 16.7. The molecule has 2 aromatic rings. The lowest BCUT2D eigenvalue weighted by Gasteiger charge is -2.10. The normalized spacial score (nSPS) is 10.5. The number of methoxy groups -OCH3 is 2. The van der Waals surface area contributed by atoms with E-state index < -0.39 is 16.0 Å². The third kappa shape index (κ3) is 4.43. The summed E-state index contributed by atoms with van der Waals surface area (Å²) in [5.74, 6) is 0.891. The molecule has 0 atom stereocenters. The molecule has 0 aliphatic heterocycles. The first-order valence-electron chi connectivity index (χ1n) is 7.53. The minimum absolute atomic E-state index is 0.0512. The van der Waals surface area contributed by atoms with Crippen LogP contribution in [0.25, 0.3) is 0 Å². The average Bonchev–Trinajstić information content (AvgIpc) is 2.60. The van der Waals surface area contributed by atoms with Gasteiger partial charge in [-0.25, -0.2) is 0 Å². The first kappa shape index (κ1) is 18.2. The van der Waals surface area contributed by atoms with E-state index >= 15 is 0 Å². The van der Waals surface area contributed by atoms with Gasteiger partial charge in [-0.15, -0.1) is 0 Å². The van der Waals surface area contributed by atoms with Crippen molar-refractivity contribution in [3.63, 3.8) is 0 Å². The zero-order valence-corrected chi connectivity index (χ0v) is 13.9. The van der Waals surface area contributed by atoms with Gasteiger partial charge in [0.15, 0.2) is 0 Å². The minimum Gasteiger partial charge on any atom is -0.497 e. The van der Waals surface area contributed by atoms with Crippen LogP contribution in [0.5, 0.6) is 11.5 Å². The van der Waals surface area contributed by atoms with Crippen LogP contribution in [-0.4, -0.2) is 24.1 Å². The Morgan fingerprint density at radius 1 is 0.880 bits per heavy atom. The molecule has 2 rings (SSSR count). The van der Waals surface area contributed by atoms with E-state index in [9.17, 15) is 20.2 Å². The van der Waals surface area contributed by atoms with Crippen molar-refractivity contribution in [3.05, 3.63) is 79.4 Å². The van der Waals surface area contributed by atoms with Crippen LogP contribution < -0.4 is 9.47 Å². The van der Waals surface area contributed by atoms with Gasteiger partial charge in [0, 0.05) is 0 Å². The molecule has 0 aliphatic rings. The fraction of sp³-hybridized carbons (Fsp3) is 0.294. The van der Waals surface area contributed by atoms with E-state index in [1.54, 1.807) is 13.2 Å². The van der Waals surface area contributed by atoms with Gasteiger partial charge in [-0.3, -0.25) is 20.2 Å². The number of hydrogen-bond acceptors (Lipinski definition) is 6. The summed E-state index contributed by atoms with van der Waals surface area (Å²) in [5, 5.41) is 22.1. The van der Waals surface area contributed by atoms with Gasteiger partial charge in [0.2, 0.25) is 0 Å². The second kappa shape index (κ2) is 8.09. The van der Waals surface area contributed by atoms with E-state index in [1.165, 1.54) is 19.2 Å². The fourth-order valence-electron chi connectivity index (χ4n) is 2.53. The Kier molecular flexibility index (Phi) is 5.89. The van der Waals surface area contributed by atoms with Gasteiger partial charge in [0.1, 0.15) is 26.9 Å². The van der Waals surface area contributed by atoms with Crippen LogP contribution >= 0.6 is 0 Å². The van der Waals surface area contributed by atoms with Gasteiger partial charge in [-0.05, 0) is 48.2 Å². The molecule has 2 aromatic carbocycles. The predicted molar refractivity (Wildman–Crippen MR) is 90.1 cm³/mol. The molecule has 0 fully saturated rings. The van der Waals surface area contributed by atoms with E-state index in [4.69, 9.17) is 9.47 Å². The molecule has 0 saturated carbocycles. The molecule has 0 N–H and O–H groups in total. The molecule has 0 aliphatic carbocycles. The lowest BCUT2D eigenvalue weighted by atomic mass is 10.0. The zero-order chi connectivity index (χ0) is 18.4. The number of aryl methyl sites for hydroxylation is 2. The average molecular weight is 346 g/mol. The Labute approximate surface area is 144 Å². The molecule has 0 spiro atoms. The molecule has 0 radical (unpaired) electrons. The zero-order valence-electron chi connectivity index (χ0n) is 13.9. The van der Waals surface area contributed by atoms with Gasteiger partial charge >= 0.3 is 6.17 Å². The third-order valence-corrected chi connectivity index (χ3v) is 3.83. The second-order valence-corrected chi connectivity index (χ2v) is 5.37. The topological polar surface area (TPSA) is 105 Å². The smallest absolute Gasteiger partial charge is 0.480 e. The van der Waals surface area contributed by atoms with Crippen molar-refractivity contribution in [2.75, 3.05) is 14.2 Å². The highest BCUT2D eigenvalue weighted by Crippen LogP contribution is 2.29. The number of hydrogen-bond donors (Lipinski definition) is 0. The maximum atomic E-state index is 11.1. The molecule has 25 heavy (non-hydrogen) atoms. The Morgan fingerprint density at radius 2 is 1.44 bits per heavy atom. The maximum absolute atomic E-state index is 11.1. The predicted octanol–water partition coefficient (Wildman–Crippen LogP) is 3.04. The lowest BCUT2D eigenvalue weighted by molar-refractivity contribution is -0.752. The summed E-state index contributed by atoms with van der Waals surface area (Å²) in [6.07, 6.45) is -0.765. The van der Waals surface area contributed by atoms with Crippen molar-refractivity contribution < 1.29 is 19.3 Å². The lowest BCUT2D eigenvalue weighted by Crippen LogP contribution is -2.20. The maximum Gasteiger partial charge on any atom is 0.480 e. The molecule has 0 saturated heterocycles. The summed E-state index contributed by atoms with van der Waals surface area (Å²) in [7, 11) is 2.92. The summed E-state index contributed by atoms with van der Waals surface area (Å²) in [6, 6.07) is 12.3. The van der Waals surface area contributed by atoms with Gasteiger partial charge in [0.05, 0.1) is 14.2 Å². The van der Waals surface area contributed by atoms with E-state index in [1.807, 2.05) is 24.3 Å². The van der Waals surface area contributed by atoms with E-state index in [0.717, 1.165) is 16.9 Å². The number of ether oxygens (including phenoxy) is 2. The largest absolute Gasteiger partial charge is 0.497 e. The van der Waals surface area contributed by atoms with Crippen molar-refractivity contribution in [3.8, 4) is 11.5 Å². The summed E-state index contributed by atoms with van der Waals surface area (Å²) >= 11 is 0. The Balaban J connectivity index is 2.22. The quantitative estimate of drug-likeness (QED) is 0.413. The molecular weight excluding hydrogens is 328 g/mol. The molecule has 8 heteroatoms. The third-order valence-electron chi connectivity index (χ3n) is 3.83. The van der Waals surface area contributed by atoms with E-state index in [-0.39, 0.29) is 11.3 Å². The minimum atomic E-state index is -2.05. The number of nitro groups is 2. The summed E-state index contributed by atoms with van der Waals surface area (Å²) in [6.45, 7) is 0. The highest BCUT2D eigenvalue weighted by molar-refractivity contribution is 5.38. The molecule has 0 heterocycles. The standard InChI is InChI=1S/C17H18N2O6/c1-24-14-8-5-12(6-9-14)3-4-13-7-10-16(25-2)15(11-13)17(18(20)21)19(22)23/h5-11,17H,3-4H2,1-2H3. The summed E-state index contributed by atoms with van der Waals surface area (Å²) < 4.78 is 10.1. The highest BCUT2D eigenvalue weighted by Gasteiger charge is 2.37. The molecule has 0 amide bonds. The van der Waals surface area contributed by atoms with Crippen LogP contribution in [0.4, 0.5) is 0 Å². The van der Waals surface area contributed by atoms with Crippen LogP contribution in [0, 0.1) is 20.2 Å². The SMILES string of the molecule is COc1ccc(CCc2ccc(OC)c(C([N+](=O)[O-])[N+](=O)[O-])c2)cc1.